The van der Waals surface area contributed by atoms with E-state index >= 15 is 0 Å². The van der Waals surface area contributed by atoms with Crippen molar-refractivity contribution in [3.8, 4) is 0 Å². The summed E-state index contributed by atoms with van der Waals surface area (Å²) in [5.74, 6) is -0.433. The summed E-state index contributed by atoms with van der Waals surface area (Å²) in [5.41, 5.74) is 10.5. The van der Waals surface area contributed by atoms with Gasteiger partial charge in [0.1, 0.15) is 0 Å². The fourth-order valence-electron chi connectivity index (χ4n) is 1.04. The number of hydrogen-bond acceptors (Lipinski definition) is 3. The number of nitrogens with zero attached hydrogens (tertiary/aromatic N) is 1. The molecule has 0 bridgehead atoms. The standard InChI is InChI=1S/C7H13N3O/c8-6(7(9)11)5-10-3-1-2-4-10/h1-2,6H,3-5,8H2,(H2,9,11). The van der Waals surface area contributed by atoms with Crippen LogP contribution in [0, 0.1) is 0 Å². The molecule has 11 heavy (non-hydrogen) atoms. The van der Waals surface area contributed by atoms with E-state index in [-0.39, 0.29) is 0 Å². The third kappa shape index (κ3) is 2.32. The molecule has 0 fully saturated rings. The Morgan fingerprint density at radius 2 is 2.09 bits per heavy atom. The Morgan fingerprint density at radius 1 is 1.55 bits per heavy atom. The molecule has 0 aromatic rings. The first-order valence-electron chi connectivity index (χ1n) is 3.62. The number of primary amides is 1. The van der Waals surface area contributed by atoms with E-state index in [9.17, 15) is 4.79 Å². The lowest BCUT2D eigenvalue weighted by Crippen LogP contribution is -2.45. The van der Waals surface area contributed by atoms with E-state index in [1.807, 2.05) is 12.2 Å². The molecule has 4 nitrogen and oxygen atoms in total. The van der Waals surface area contributed by atoms with Gasteiger partial charge in [-0.3, -0.25) is 9.69 Å². The molecule has 1 atom stereocenters. The fourth-order valence-corrected chi connectivity index (χ4v) is 1.04. The van der Waals surface area contributed by atoms with Crippen molar-refractivity contribution in [3.63, 3.8) is 0 Å². The average Bonchev–Trinajstić information content (AvgIpc) is 2.39. The van der Waals surface area contributed by atoms with Gasteiger partial charge in [-0.1, -0.05) is 12.2 Å². The van der Waals surface area contributed by atoms with Gasteiger partial charge in [0.05, 0.1) is 6.04 Å². The van der Waals surface area contributed by atoms with Gasteiger partial charge in [-0.25, -0.2) is 0 Å². The number of carbonyl (C=O) groups excluding carboxylic acids is 1. The lowest BCUT2D eigenvalue weighted by molar-refractivity contribution is -0.119. The molecular formula is C7H13N3O. The first-order chi connectivity index (χ1) is 5.20. The minimum Gasteiger partial charge on any atom is -0.368 e. The van der Waals surface area contributed by atoms with Gasteiger partial charge < -0.3 is 11.5 Å². The van der Waals surface area contributed by atoms with Crippen LogP contribution in [0.15, 0.2) is 12.2 Å². The van der Waals surface area contributed by atoms with Crippen molar-refractivity contribution in [3.05, 3.63) is 12.2 Å². The van der Waals surface area contributed by atoms with Crippen molar-refractivity contribution in [2.45, 2.75) is 6.04 Å². The molecule has 0 aromatic heterocycles. The highest BCUT2D eigenvalue weighted by Crippen LogP contribution is 1.98. The van der Waals surface area contributed by atoms with Crippen LogP contribution in [-0.4, -0.2) is 36.5 Å². The van der Waals surface area contributed by atoms with Gasteiger partial charge in [0.25, 0.3) is 0 Å². The van der Waals surface area contributed by atoms with E-state index < -0.39 is 11.9 Å². The molecule has 1 unspecified atom stereocenters. The predicted molar refractivity (Wildman–Crippen MR) is 42.7 cm³/mol. The van der Waals surface area contributed by atoms with Gasteiger partial charge in [0, 0.05) is 19.6 Å². The summed E-state index contributed by atoms with van der Waals surface area (Å²) >= 11 is 0. The monoisotopic (exact) mass is 155 g/mol. The normalized spacial score (nSPS) is 20.5. The molecular weight excluding hydrogens is 142 g/mol. The second-order valence-electron chi connectivity index (χ2n) is 2.70. The lowest BCUT2D eigenvalue weighted by Gasteiger charge is -2.17. The third-order valence-corrected chi connectivity index (χ3v) is 1.71. The molecule has 0 aromatic carbocycles. The smallest absolute Gasteiger partial charge is 0.235 e. The summed E-state index contributed by atoms with van der Waals surface area (Å²) in [5, 5.41) is 0. The Bertz CT molecular complexity index is 171. The van der Waals surface area contributed by atoms with E-state index in [1.165, 1.54) is 0 Å². The molecule has 62 valence electrons. The van der Waals surface area contributed by atoms with Gasteiger partial charge in [0.15, 0.2) is 0 Å². The van der Waals surface area contributed by atoms with Gasteiger partial charge in [0.2, 0.25) is 5.91 Å². The van der Waals surface area contributed by atoms with Crippen LogP contribution in [0.5, 0.6) is 0 Å². The van der Waals surface area contributed by atoms with E-state index in [0.29, 0.717) is 6.54 Å². The van der Waals surface area contributed by atoms with Crippen LogP contribution >= 0.6 is 0 Å². The van der Waals surface area contributed by atoms with Crippen molar-refractivity contribution < 1.29 is 4.79 Å². The van der Waals surface area contributed by atoms with Crippen molar-refractivity contribution in [1.82, 2.24) is 4.90 Å². The fraction of sp³-hybridized carbons (Fsp3) is 0.571. The Morgan fingerprint density at radius 3 is 2.55 bits per heavy atom. The molecule has 0 spiro atoms. The zero-order valence-electron chi connectivity index (χ0n) is 6.36. The molecule has 0 aliphatic carbocycles. The first kappa shape index (κ1) is 8.23. The minimum absolute atomic E-state index is 0.433. The van der Waals surface area contributed by atoms with E-state index in [1.54, 1.807) is 0 Å². The first-order valence-corrected chi connectivity index (χ1v) is 3.62. The van der Waals surface area contributed by atoms with E-state index in [2.05, 4.69) is 4.90 Å². The quantitative estimate of drug-likeness (QED) is 0.496. The van der Waals surface area contributed by atoms with Crippen LogP contribution in [0.2, 0.25) is 0 Å². The highest BCUT2D eigenvalue weighted by molar-refractivity contribution is 5.79. The number of rotatable bonds is 3. The van der Waals surface area contributed by atoms with Crippen LogP contribution in [0.1, 0.15) is 0 Å². The van der Waals surface area contributed by atoms with Crippen molar-refractivity contribution >= 4 is 5.91 Å². The van der Waals surface area contributed by atoms with Crippen LogP contribution < -0.4 is 11.5 Å². The molecule has 1 aliphatic heterocycles. The Hall–Kier alpha value is -0.870. The number of nitrogens with two attached hydrogens (primary N) is 2. The average molecular weight is 155 g/mol. The largest absolute Gasteiger partial charge is 0.368 e. The highest BCUT2D eigenvalue weighted by atomic mass is 16.1. The molecule has 1 heterocycles. The number of carbonyl (C=O) groups is 1. The van der Waals surface area contributed by atoms with Crippen molar-refractivity contribution in [2.75, 3.05) is 19.6 Å². The van der Waals surface area contributed by atoms with Gasteiger partial charge in [-0.2, -0.15) is 0 Å². The Balaban J connectivity index is 2.25. The van der Waals surface area contributed by atoms with Crippen LogP contribution in [-0.2, 0) is 4.79 Å². The van der Waals surface area contributed by atoms with Crippen LogP contribution in [0.3, 0.4) is 0 Å². The lowest BCUT2D eigenvalue weighted by atomic mass is 10.3. The number of hydrogen-bond donors (Lipinski definition) is 2. The van der Waals surface area contributed by atoms with Crippen molar-refractivity contribution in [2.24, 2.45) is 11.5 Å². The molecule has 4 N–H and O–H groups in total. The van der Waals surface area contributed by atoms with Gasteiger partial charge in [-0.15, -0.1) is 0 Å². The minimum atomic E-state index is -0.533. The van der Waals surface area contributed by atoms with E-state index in [4.69, 9.17) is 11.5 Å². The molecule has 1 aliphatic rings. The Kier molecular flexibility index (Phi) is 2.62. The van der Waals surface area contributed by atoms with Crippen molar-refractivity contribution in [1.29, 1.82) is 0 Å². The molecule has 1 rings (SSSR count). The second-order valence-corrected chi connectivity index (χ2v) is 2.70. The zero-order chi connectivity index (χ0) is 8.27. The van der Waals surface area contributed by atoms with Crippen LogP contribution in [0.25, 0.3) is 0 Å². The van der Waals surface area contributed by atoms with Gasteiger partial charge in [-0.05, 0) is 0 Å². The molecule has 0 radical (unpaired) electrons. The summed E-state index contributed by atoms with van der Waals surface area (Å²) in [6.07, 6.45) is 4.10. The molecule has 0 saturated carbocycles. The maximum Gasteiger partial charge on any atom is 0.235 e. The van der Waals surface area contributed by atoms with Gasteiger partial charge >= 0.3 is 0 Å². The highest BCUT2D eigenvalue weighted by Gasteiger charge is 2.14. The summed E-state index contributed by atoms with van der Waals surface area (Å²) < 4.78 is 0. The molecule has 4 heteroatoms. The number of amides is 1. The second kappa shape index (κ2) is 3.50. The SMILES string of the molecule is NC(=O)C(N)CN1CC=CC1. The molecule has 1 amide bonds. The summed E-state index contributed by atoms with van der Waals surface area (Å²) in [4.78, 5) is 12.6. The van der Waals surface area contributed by atoms with E-state index in [0.717, 1.165) is 13.1 Å². The zero-order valence-corrected chi connectivity index (χ0v) is 6.36. The summed E-state index contributed by atoms with van der Waals surface area (Å²) in [6.45, 7) is 2.31. The summed E-state index contributed by atoms with van der Waals surface area (Å²) in [6, 6.07) is -0.533. The summed E-state index contributed by atoms with van der Waals surface area (Å²) in [7, 11) is 0. The third-order valence-electron chi connectivity index (χ3n) is 1.71. The Labute approximate surface area is 65.8 Å². The maximum atomic E-state index is 10.5. The maximum absolute atomic E-state index is 10.5. The molecule has 0 saturated heterocycles. The van der Waals surface area contributed by atoms with Crippen LogP contribution in [0.4, 0.5) is 0 Å². The predicted octanol–water partition coefficient (Wildman–Crippen LogP) is -1.33. The topological polar surface area (TPSA) is 72.3 Å².